The van der Waals surface area contributed by atoms with Gasteiger partial charge in [-0.25, -0.2) is 4.79 Å². The fourth-order valence-corrected chi connectivity index (χ4v) is 10.9. The molecule has 0 spiro atoms. The molecule has 2 aromatic rings. The number of fused-ring (bicyclic) bond motifs is 1. The summed E-state index contributed by atoms with van der Waals surface area (Å²) in [4.78, 5) is 157. The molecular formula is C55H88N20O12. The predicted molar refractivity (Wildman–Crippen MR) is 321 cm³/mol. The molecule has 0 unspecified atom stereocenters. The fourth-order valence-electron chi connectivity index (χ4n) is 10.9. The summed E-state index contributed by atoms with van der Waals surface area (Å²) in [5.74, 6) is -8.21. The summed E-state index contributed by atoms with van der Waals surface area (Å²) in [6, 6.07) is -3.56. The van der Waals surface area contributed by atoms with Crippen LogP contribution in [0.2, 0.25) is 0 Å². The van der Waals surface area contributed by atoms with Crippen molar-refractivity contribution in [1.82, 2.24) is 51.6 Å². The quantitative estimate of drug-likeness (QED) is 0.0180. The second-order valence-electron chi connectivity index (χ2n) is 22.3. The summed E-state index contributed by atoms with van der Waals surface area (Å²) >= 11 is 0. The van der Waals surface area contributed by atoms with E-state index >= 15 is 0 Å². The molecule has 0 radical (unpaired) electrons. The van der Waals surface area contributed by atoms with Gasteiger partial charge in [0.05, 0.1) is 19.2 Å². The Bertz CT molecular complexity index is 2830. The highest BCUT2D eigenvalue weighted by molar-refractivity contribution is 5.99. The highest BCUT2D eigenvalue weighted by Gasteiger charge is 2.45. The Labute approximate surface area is 503 Å². The van der Waals surface area contributed by atoms with Crippen LogP contribution in [-0.2, 0) is 54.4 Å². The molecule has 3 aliphatic rings. The molecule has 1 aromatic heterocycles. The number of carboxylic acid groups (broad SMARTS) is 1. The van der Waals surface area contributed by atoms with Gasteiger partial charge in [0, 0.05) is 62.8 Å². The van der Waals surface area contributed by atoms with Crippen LogP contribution in [0.25, 0.3) is 10.9 Å². The van der Waals surface area contributed by atoms with E-state index in [1.807, 2.05) is 32.0 Å². The summed E-state index contributed by atoms with van der Waals surface area (Å²) in [5, 5.41) is 36.7. The van der Waals surface area contributed by atoms with E-state index in [4.69, 9.17) is 40.1 Å². The number of benzene rings is 1. The fraction of sp³-hybridized carbons (Fsp3) is 0.618. The Kier molecular flexibility index (Phi) is 26.8. The third kappa shape index (κ3) is 20.7. The van der Waals surface area contributed by atoms with Crippen molar-refractivity contribution in [2.75, 3.05) is 52.4 Å². The number of rotatable bonds is 33. The van der Waals surface area contributed by atoms with Gasteiger partial charge in [-0.1, -0.05) is 32.0 Å². The monoisotopic (exact) mass is 1220 g/mol. The van der Waals surface area contributed by atoms with Crippen LogP contribution in [-0.4, -0.2) is 214 Å². The summed E-state index contributed by atoms with van der Waals surface area (Å²) in [6.07, 6.45) is 4.81. The van der Waals surface area contributed by atoms with E-state index in [1.165, 1.54) is 14.7 Å². The van der Waals surface area contributed by atoms with Crippen LogP contribution in [0.1, 0.15) is 103 Å². The minimum absolute atomic E-state index is 0.00944. The molecule has 3 fully saturated rings. The molecule has 3 aliphatic heterocycles. The molecule has 5 rings (SSSR count). The van der Waals surface area contributed by atoms with Crippen molar-refractivity contribution in [2.45, 2.75) is 158 Å². The third-order valence-electron chi connectivity index (χ3n) is 15.2. The van der Waals surface area contributed by atoms with Crippen LogP contribution in [0.15, 0.2) is 45.4 Å². The normalized spacial score (nSPS) is 18.5. The van der Waals surface area contributed by atoms with Crippen molar-refractivity contribution in [3.8, 4) is 0 Å². The number of aliphatic hydroxyl groups is 1. The third-order valence-corrected chi connectivity index (χ3v) is 15.2. The number of aromatic amines is 1. The number of H-pyrrole nitrogens is 1. The van der Waals surface area contributed by atoms with Gasteiger partial charge in [0.2, 0.25) is 53.2 Å². The van der Waals surface area contributed by atoms with Gasteiger partial charge in [0.25, 0.3) is 0 Å². The van der Waals surface area contributed by atoms with Crippen molar-refractivity contribution < 1.29 is 58.2 Å². The molecule has 1 aromatic carbocycles. The Hall–Kier alpha value is -8.81. The van der Waals surface area contributed by atoms with Gasteiger partial charge in [-0.15, -0.1) is 0 Å². The molecule has 23 N–H and O–H groups in total. The number of aliphatic imine (C=N–C) groups is 3. The number of likely N-dealkylation sites (tertiary alicyclic amines) is 3. The Morgan fingerprint density at radius 2 is 1.11 bits per heavy atom. The smallest absolute Gasteiger partial charge is 0.326 e. The zero-order valence-electron chi connectivity index (χ0n) is 49.4. The first-order valence-corrected chi connectivity index (χ1v) is 29.4. The van der Waals surface area contributed by atoms with Crippen LogP contribution in [0.4, 0.5) is 0 Å². The van der Waals surface area contributed by atoms with Gasteiger partial charge in [0.15, 0.2) is 17.9 Å². The van der Waals surface area contributed by atoms with Crippen molar-refractivity contribution in [1.29, 1.82) is 0 Å². The second kappa shape index (κ2) is 33.8. The Morgan fingerprint density at radius 1 is 0.609 bits per heavy atom. The summed E-state index contributed by atoms with van der Waals surface area (Å²) in [7, 11) is 0. The van der Waals surface area contributed by atoms with Crippen LogP contribution in [0.3, 0.4) is 0 Å². The number of nitrogens with two attached hydrogens (primary N) is 7. The first-order chi connectivity index (χ1) is 41.4. The maximum absolute atomic E-state index is 14.8. The van der Waals surface area contributed by atoms with Gasteiger partial charge in [-0.2, -0.15) is 0 Å². The number of hydrogen-bond acceptors (Lipinski definition) is 15. The molecule has 3 saturated heterocycles. The van der Waals surface area contributed by atoms with Crippen molar-refractivity contribution in [3.63, 3.8) is 0 Å². The number of carbonyl (C=O) groups is 10. The van der Waals surface area contributed by atoms with E-state index in [2.05, 4.69) is 51.9 Å². The number of amides is 9. The van der Waals surface area contributed by atoms with E-state index < -0.39 is 127 Å². The Balaban J connectivity index is 1.24. The lowest BCUT2D eigenvalue weighted by Gasteiger charge is -2.33. The molecular weight excluding hydrogens is 1130 g/mol. The van der Waals surface area contributed by atoms with Crippen molar-refractivity contribution in [2.24, 2.45) is 61.0 Å². The SMILES string of the molecule is CC(C)C[C@H](NC(=O)[C@@H]1CCCN1C(=O)[C@H](Cc1c[nH]c2ccccc12)NC(=O)[C@H](CO)NC(=O)CNC(=O)[C@@H]1CCCN1C(=O)[C@@H]1CCCN1C(=O)[C@H](CCCN=C(N)N)NC(=O)[C@@H](N)CCCN=C(N)N)C(=O)N[C@@H](CCCN=C(N)N)C(=O)O. The molecule has 4 heterocycles. The summed E-state index contributed by atoms with van der Waals surface area (Å²) < 4.78 is 0. The first-order valence-electron chi connectivity index (χ1n) is 29.4. The molecule has 480 valence electrons. The molecule has 0 bridgehead atoms. The van der Waals surface area contributed by atoms with Gasteiger partial charge < -0.3 is 102 Å². The zero-order valence-corrected chi connectivity index (χ0v) is 49.4. The van der Waals surface area contributed by atoms with Gasteiger partial charge >= 0.3 is 5.97 Å². The number of guanidine groups is 3. The van der Waals surface area contributed by atoms with Crippen LogP contribution in [0, 0.1) is 5.92 Å². The van der Waals surface area contributed by atoms with Crippen LogP contribution in [0.5, 0.6) is 0 Å². The topological polar surface area (TPSA) is 528 Å². The van der Waals surface area contributed by atoms with E-state index in [0.717, 1.165) is 10.9 Å². The lowest BCUT2D eigenvalue weighted by Crippen LogP contribution is -2.60. The maximum Gasteiger partial charge on any atom is 0.326 e. The number of carbonyl (C=O) groups excluding carboxylic acids is 9. The number of aliphatic carboxylic acids is 1. The van der Waals surface area contributed by atoms with Gasteiger partial charge in [0.1, 0.15) is 48.3 Å². The van der Waals surface area contributed by atoms with E-state index in [1.54, 1.807) is 12.3 Å². The van der Waals surface area contributed by atoms with E-state index in [0.29, 0.717) is 31.2 Å². The average Bonchev–Trinajstić information content (AvgIpc) is 1.99. The molecule has 32 nitrogen and oxygen atoms in total. The van der Waals surface area contributed by atoms with E-state index in [-0.39, 0.29) is 127 Å². The van der Waals surface area contributed by atoms with Gasteiger partial charge in [-0.3, -0.25) is 58.1 Å². The van der Waals surface area contributed by atoms with Crippen molar-refractivity contribution in [3.05, 3.63) is 36.0 Å². The number of carboxylic acids is 1. The summed E-state index contributed by atoms with van der Waals surface area (Å²) in [6.45, 7) is 2.94. The van der Waals surface area contributed by atoms with Gasteiger partial charge in [-0.05, 0) is 101 Å². The molecule has 87 heavy (non-hydrogen) atoms. The number of para-hydroxylation sites is 1. The molecule has 32 heteroatoms. The highest BCUT2D eigenvalue weighted by Crippen LogP contribution is 2.27. The molecule has 9 atom stereocenters. The minimum atomic E-state index is -1.65. The largest absolute Gasteiger partial charge is 0.480 e. The number of hydrogen-bond donors (Lipinski definition) is 16. The second-order valence-corrected chi connectivity index (χ2v) is 22.3. The standard InChI is InChI=1S/C55H88N20O12/c1-30(2)25-37(45(79)70-36(52(86)87)15-7-21-65-55(61)62)71-48(82)41-17-9-22-73(41)50(84)38(26-31-27-66-34-13-4-3-11-32(31)34)72-46(80)39(29-76)68-43(77)28-67-47(81)40-16-8-23-74(40)51(85)42-18-10-24-75(42)49(83)35(14-6-20-64-54(59)60)69-44(78)33(56)12-5-19-63-53(57)58/h3-4,11,13,27,30,33,35-42,66,76H,5-10,12,14-26,28-29,56H2,1-2H3,(H,67,81)(H,68,77)(H,69,78)(H,70,79)(H,71,82)(H,72,80)(H,86,87)(H4,57,58,63)(H4,59,60,64)(H4,61,62,65)/t33-,35-,36-,37-,38-,39-,40-,41-,42-/m0/s1. The summed E-state index contributed by atoms with van der Waals surface area (Å²) in [5.41, 5.74) is 40.0. The van der Waals surface area contributed by atoms with Crippen molar-refractivity contribution >= 4 is 87.9 Å². The lowest BCUT2D eigenvalue weighted by molar-refractivity contribution is -0.148. The highest BCUT2D eigenvalue weighted by atomic mass is 16.4. The molecule has 0 aliphatic carbocycles. The zero-order chi connectivity index (χ0) is 63.9. The number of aromatic nitrogens is 1. The molecule has 0 saturated carbocycles. The van der Waals surface area contributed by atoms with Crippen LogP contribution < -0.4 is 72.0 Å². The number of nitrogens with zero attached hydrogens (tertiary/aromatic N) is 6. The van der Waals surface area contributed by atoms with E-state index in [9.17, 15) is 58.2 Å². The first kappa shape index (κ1) is 69.0. The minimum Gasteiger partial charge on any atom is -0.480 e. The number of aliphatic hydroxyl groups excluding tert-OH is 1. The predicted octanol–water partition coefficient (Wildman–Crippen LogP) is -5.17. The average molecular weight is 1220 g/mol. The lowest BCUT2D eigenvalue weighted by atomic mass is 10.0. The van der Waals surface area contributed by atoms with Crippen LogP contribution >= 0.6 is 0 Å². The Morgan fingerprint density at radius 3 is 1.70 bits per heavy atom. The molecule has 9 amide bonds. The number of nitrogens with one attached hydrogen (secondary N) is 7. The maximum atomic E-state index is 14.8.